The van der Waals surface area contributed by atoms with Gasteiger partial charge in [-0.2, -0.15) is 0 Å². The lowest BCUT2D eigenvalue weighted by Gasteiger charge is -2.11. The van der Waals surface area contributed by atoms with Crippen molar-refractivity contribution < 1.29 is 9.18 Å². The van der Waals surface area contributed by atoms with Gasteiger partial charge in [0, 0.05) is 6.54 Å². The third-order valence-corrected chi connectivity index (χ3v) is 2.74. The van der Waals surface area contributed by atoms with Crippen LogP contribution in [0.1, 0.15) is 30.0 Å². The van der Waals surface area contributed by atoms with E-state index in [4.69, 9.17) is 5.73 Å². The van der Waals surface area contributed by atoms with Gasteiger partial charge in [0.15, 0.2) is 0 Å². The van der Waals surface area contributed by atoms with Crippen molar-refractivity contribution in [3.63, 3.8) is 0 Å². The Bertz CT molecular complexity index is 395. The molecule has 0 aliphatic heterocycles. The number of benzene rings is 1. The molecule has 94 valence electrons. The summed E-state index contributed by atoms with van der Waals surface area (Å²) in [5.41, 5.74) is 7.66. The predicted molar refractivity (Wildman–Crippen MR) is 66.0 cm³/mol. The molecule has 0 aliphatic rings. The average Bonchev–Trinajstić information content (AvgIpc) is 2.31. The molecule has 1 aromatic rings. The molecule has 0 fully saturated rings. The van der Waals surface area contributed by atoms with Crippen LogP contribution >= 0.6 is 0 Å². The quantitative estimate of drug-likeness (QED) is 0.840. The molecule has 0 spiro atoms. The van der Waals surface area contributed by atoms with Crippen LogP contribution in [0, 0.1) is 19.7 Å². The fourth-order valence-corrected chi connectivity index (χ4v) is 1.64. The van der Waals surface area contributed by atoms with Gasteiger partial charge in [-0.3, -0.25) is 4.79 Å². The largest absolute Gasteiger partial charge is 0.351 e. The number of halogens is 1. The van der Waals surface area contributed by atoms with Gasteiger partial charge in [-0.25, -0.2) is 4.39 Å². The highest BCUT2D eigenvalue weighted by Crippen LogP contribution is 2.14. The predicted octanol–water partition coefficient (Wildman–Crippen LogP) is 1.80. The molecule has 0 aliphatic carbocycles. The van der Waals surface area contributed by atoms with E-state index in [-0.39, 0.29) is 11.7 Å². The maximum atomic E-state index is 13.4. The molecule has 0 radical (unpaired) electrons. The van der Waals surface area contributed by atoms with Crippen molar-refractivity contribution in [3.05, 3.63) is 34.6 Å². The van der Waals surface area contributed by atoms with E-state index >= 15 is 0 Å². The van der Waals surface area contributed by atoms with Crippen LogP contribution in [0.4, 0.5) is 4.39 Å². The van der Waals surface area contributed by atoms with Gasteiger partial charge in [0.25, 0.3) is 0 Å². The second-order valence-corrected chi connectivity index (χ2v) is 4.28. The minimum atomic E-state index is -0.474. The number of hydrogen-bond acceptors (Lipinski definition) is 2. The Hall–Kier alpha value is -1.42. The lowest BCUT2D eigenvalue weighted by atomic mass is 10.1. The van der Waals surface area contributed by atoms with Crippen LogP contribution in [0.2, 0.25) is 0 Å². The van der Waals surface area contributed by atoms with E-state index in [9.17, 15) is 9.18 Å². The minimum Gasteiger partial charge on any atom is -0.351 e. The van der Waals surface area contributed by atoms with Gasteiger partial charge >= 0.3 is 0 Å². The molecule has 17 heavy (non-hydrogen) atoms. The van der Waals surface area contributed by atoms with E-state index in [1.54, 1.807) is 26.0 Å². The first-order valence-corrected chi connectivity index (χ1v) is 5.74. The number of nitrogens with one attached hydrogen (secondary N) is 1. The lowest BCUT2D eigenvalue weighted by molar-refractivity contribution is -0.122. The van der Waals surface area contributed by atoms with E-state index in [0.717, 1.165) is 5.56 Å². The number of rotatable bonds is 4. The van der Waals surface area contributed by atoms with Crippen molar-refractivity contribution in [3.8, 4) is 0 Å². The van der Waals surface area contributed by atoms with E-state index in [1.165, 1.54) is 0 Å². The van der Waals surface area contributed by atoms with Crippen LogP contribution in [0.5, 0.6) is 0 Å². The molecule has 0 saturated carbocycles. The van der Waals surface area contributed by atoms with Gasteiger partial charge in [-0.05, 0) is 37.0 Å². The second-order valence-electron chi connectivity index (χ2n) is 4.28. The van der Waals surface area contributed by atoms with Crippen molar-refractivity contribution in [2.75, 3.05) is 0 Å². The molecule has 1 aromatic carbocycles. The summed E-state index contributed by atoms with van der Waals surface area (Å²) in [5, 5.41) is 2.74. The van der Waals surface area contributed by atoms with Crippen LogP contribution in [0.25, 0.3) is 0 Å². The van der Waals surface area contributed by atoms with E-state index in [0.29, 0.717) is 24.1 Å². The first-order valence-electron chi connectivity index (χ1n) is 5.74. The highest BCUT2D eigenvalue weighted by Gasteiger charge is 2.10. The van der Waals surface area contributed by atoms with Gasteiger partial charge < -0.3 is 11.1 Å². The van der Waals surface area contributed by atoms with Crippen LogP contribution in [-0.2, 0) is 11.3 Å². The Morgan fingerprint density at radius 2 is 1.94 bits per heavy atom. The number of hydrogen-bond donors (Lipinski definition) is 2. The zero-order valence-electron chi connectivity index (χ0n) is 10.5. The minimum absolute atomic E-state index is 0.174. The summed E-state index contributed by atoms with van der Waals surface area (Å²) < 4.78 is 13.4. The van der Waals surface area contributed by atoms with E-state index in [2.05, 4.69) is 5.32 Å². The summed E-state index contributed by atoms with van der Waals surface area (Å²) in [7, 11) is 0. The van der Waals surface area contributed by atoms with Gasteiger partial charge in [0.05, 0.1) is 6.04 Å². The molecule has 1 rings (SSSR count). The molecule has 3 nitrogen and oxygen atoms in total. The molecule has 0 heterocycles. The third kappa shape index (κ3) is 3.53. The third-order valence-electron chi connectivity index (χ3n) is 2.74. The Morgan fingerprint density at radius 3 is 2.41 bits per heavy atom. The highest BCUT2D eigenvalue weighted by molar-refractivity contribution is 5.81. The molecule has 1 atom stereocenters. The second kappa shape index (κ2) is 5.77. The van der Waals surface area contributed by atoms with Crippen LogP contribution in [0.15, 0.2) is 12.1 Å². The Morgan fingerprint density at radius 1 is 1.41 bits per heavy atom. The normalized spacial score (nSPS) is 12.3. The standard InChI is InChI=1S/C13H19FN2O/c1-4-11(15)13(17)16-7-10-5-8(2)12(14)9(3)6-10/h5-6,11H,4,7,15H2,1-3H3,(H,16,17)/t11-/m0/s1. The Kier molecular flexibility index (Phi) is 4.63. The topological polar surface area (TPSA) is 55.1 Å². The molecule has 0 saturated heterocycles. The molecule has 3 N–H and O–H groups in total. The molecular formula is C13H19FN2O. The number of aryl methyl sites for hydroxylation is 2. The number of amides is 1. The summed E-state index contributed by atoms with van der Waals surface area (Å²) in [6, 6.07) is 3.00. The number of carbonyl (C=O) groups is 1. The Labute approximate surface area is 101 Å². The molecular weight excluding hydrogens is 219 g/mol. The fraction of sp³-hybridized carbons (Fsp3) is 0.462. The zero-order chi connectivity index (χ0) is 13.0. The van der Waals surface area contributed by atoms with E-state index in [1.807, 2.05) is 6.92 Å². The molecule has 4 heteroatoms. The molecule has 1 amide bonds. The summed E-state index contributed by atoms with van der Waals surface area (Å²) in [5.74, 6) is -0.363. The maximum Gasteiger partial charge on any atom is 0.237 e. The van der Waals surface area contributed by atoms with Crippen molar-refractivity contribution in [1.82, 2.24) is 5.32 Å². The summed E-state index contributed by atoms with van der Waals surface area (Å²) in [4.78, 5) is 11.5. The van der Waals surface area contributed by atoms with Gasteiger partial charge in [-0.15, -0.1) is 0 Å². The number of nitrogens with two attached hydrogens (primary N) is 1. The van der Waals surface area contributed by atoms with Gasteiger partial charge in [-0.1, -0.05) is 19.1 Å². The summed E-state index contributed by atoms with van der Waals surface area (Å²) >= 11 is 0. The summed E-state index contributed by atoms with van der Waals surface area (Å²) in [6.45, 7) is 5.67. The van der Waals surface area contributed by atoms with Crippen molar-refractivity contribution in [2.24, 2.45) is 5.73 Å². The SMILES string of the molecule is CC[C@H](N)C(=O)NCc1cc(C)c(F)c(C)c1. The molecule has 0 bridgehead atoms. The smallest absolute Gasteiger partial charge is 0.237 e. The monoisotopic (exact) mass is 238 g/mol. The zero-order valence-corrected chi connectivity index (χ0v) is 10.5. The highest BCUT2D eigenvalue weighted by atomic mass is 19.1. The van der Waals surface area contributed by atoms with Crippen molar-refractivity contribution in [1.29, 1.82) is 0 Å². The lowest BCUT2D eigenvalue weighted by Crippen LogP contribution is -2.39. The Balaban J connectivity index is 2.67. The number of carbonyl (C=O) groups excluding carboxylic acids is 1. The van der Waals surface area contributed by atoms with Crippen molar-refractivity contribution >= 4 is 5.91 Å². The van der Waals surface area contributed by atoms with Crippen LogP contribution in [0.3, 0.4) is 0 Å². The first kappa shape index (κ1) is 13.6. The van der Waals surface area contributed by atoms with E-state index < -0.39 is 6.04 Å². The first-order chi connectivity index (χ1) is 7.95. The molecule has 0 unspecified atom stereocenters. The van der Waals surface area contributed by atoms with Gasteiger partial charge in [0.1, 0.15) is 5.82 Å². The maximum absolute atomic E-state index is 13.4. The fourth-order valence-electron chi connectivity index (χ4n) is 1.64. The van der Waals surface area contributed by atoms with Crippen LogP contribution < -0.4 is 11.1 Å². The van der Waals surface area contributed by atoms with Gasteiger partial charge in [0.2, 0.25) is 5.91 Å². The molecule has 0 aromatic heterocycles. The van der Waals surface area contributed by atoms with Crippen molar-refractivity contribution in [2.45, 2.75) is 39.8 Å². The van der Waals surface area contributed by atoms with Crippen LogP contribution in [-0.4, -0.2) is 11.9 Å². The summed E-state index contributed by atoms with van der Waals surface area (Å²) in [6.07, 6.45) is 0.604. The average molecular weight is 238 g/mol.